The zero-order valence-corrected chi connectivity index (χ0v) is 11.7. The van der Waals surface area contributed by atoms with Crippen LogP contribution in [0, 0.1) is 5.82 Å². The molecule has 2 aromatic rings. The Morgan fingerprint density at radius 1 is 1.45 bits per heavy atom. The summed E-state index contributed by atoms with van der Waals surface area (Å²) in [5.41, 5.74) is 6.33. The van der Waals surface area contributed by atoms with Gasteiger partial charge in [-0.05, 0) is 60.3 Å². The molecule has 3 nitrogen and oxygen atoms in total. The molecule has 0 fully saturated rings. The number of pyridine rings is 1. The van der Waals surface area contributed by atoms with Crippen molar-refractivity contribution < 1.29 is 9.18 Å². The highest BCUT2D eigenvalue weighted by Crippen LogP contribution is 2.34. The fourth-order valence-corrected chi connectivity index (χ4v) is 2.36. The second-order valence-corrected chi connectivity index (χ2v) is 5.22. The fourth-order valence-electron chi connectivity index (χ4n) is 2.19. The zero-order valence-electron chi connectivity index (χ0n) is 10.9. The number of nitrogen functional groups attached to an aromatic ring is 1. The average molecular weight is 293 g/mol. The number of nitrogens with zero attached hydrogens (tertiary/aromatic N) is 1. The smallest absolute Gasteiger partial charge is 0.232 e. The first kappa shape index (κ1) is 14.5. The van der Waals surface area contributed by atoms with Crippen molar-refractivity contribution in [2.24, 2.45) is 0 Å². The number of rotatable bonds is 4. The minimum Gasteiger partial charge on any atom is -0.398 e. The van der Waals surface area contributed by atoms with Crippen molar-refractivity contribution in [1.29, 1.82) is 0 Å². The Morgan fingerprint density at radius 2 is 2.20 bits per heavy atom. The molecule has 0 aliphatic rings. The summed E-state index contributed by atoms with van der Waals surface area (Å²) in [5.74, 6) is -0.454. The van der Waals surface area contributed by atoms with Crippen molar-refractivity contribution >= 4 is 22.5 Å². The zero-order chi connectivity index (χ0) is 14.8. The molecule has 0 bridgehead atoms. The van der Waals surface area contributed by atoms with E-state index in [0.717, 1.165) is 5.56 Å². The molecule has 1 aromatic heterocycles. The molecule has 2 N–H and O–H groups in total. The third-order valence-electron chi connectivity index (χ3n) is 3.32. The van der Waals surface area contributed by atoms with Crippen LogP contribution in [0.2, 0.25) is 0 Å². The molecule has 1 aromatic carbocycles. The Bertz CT molecular complexity index is 633. The number of nitrogens with two attached hydrogens (primary N) is 1. The summed E-state index contributed by atoms with van der Waals surface area (Å²) in [6.45, 7) is 1.65. The first-order chi connectivity index (χ1) is 9.43. The lowest BCUT2D eigenvalue weighted by molar-refractivity contribution is -0.116. The van der Waals surface area contributed by atoms with Crippen LogP contribution >= 0.6 is 11.6 Å². The maximum absolute atomic E-state index is 13.5. The number of halogens is 2. The van der Waals surface area contributed by atoms with Gasteiger partial charge in [0.15, 0.2) is 0 Å². The van der Waals surface area contributed by atoms with E-state index in [1.54, 1.807) is 25.4 Å². The van der Waals surface area contributed by atoms with E-state index in [4.69, 9.17) is 17.3 Å². The van der Waals surface area contributed by atoms with Gasteiger partial charge < -0.3 is 5.73 Å². The van der Waals surface area contributed by atoms with Gasteiger partial charge in [-0.2, -0.15) is 0 Å². The number of hydrogen-bond donors (Lipinski definition) is 1. The Kier molecular flexibility index (Phi) is 4.04. The molecule has 0 spiro atoms. The summed E-state index contributed by atoms with van der Waals surface area (Å²) in [7, 11) is 0. The van der Waals surface area contributed by atoms with Gasteiger partial charge in [0.1, 0.15) is 5.82 Å². The number of benzene rings is 1. The van der Waals surface area contributed by atoms with Crippen LogP contribution in [0.3, 0.4) is 0 Å². The number of hydrogen-bond acceptors (Lipinski definition) is 3. The van der Waals surface area contributed by atoms with Crippen LogP contribution in [-0.2, 0) is 16.6 Å². The van der Waals surface area contributed by atoms with Crippen LogP contribution < -0.4 is 5.73 Å². The fraction of sp³-hybridized carbons (Fsp3) is 0.200. The van der Waals surface area contributed by atoms with Crippen LogP contribution in [0.25, 0.3) is 0 Å². The molecule has 20 heavy (non-hydrogen) atoms. The van der Waals surface area contributed by atoms with Crippen LogP contribution in [0.4, 0.5) is 10.1 Å². The predicted octanol–water partition coefficient (Wildman–Crippen LogP) is 3.07. The van der Waals surface area contributed by atoms with E-state index in [-0.39, 0.29) is 0 Å². The molecule has 1 atom stereocenters. The van der Waals surface area contributed by atoms with Crippen LogP contribution in [0.15, 0.2) is 42.7 Å². The van der Waals surface area contributed by atoms with E-state index >= 15 is 0 Å². The molecule has 0 radical (unpaired) electrons. The van der Waals surface area contributed by atoms with Crippen molar-refractivity contribution in [1.82, 2.24) is 4.98 Å². The lowest BCUT2D eigenvalue weighted by Crippen LogP contribution is -2.33. The number of carbonyl (C=O) groups is 1. The molecule has 0 saturated heterocycles. The third-order valence-corrected chi connectivity index (χ3v) is 3.74. The third kappa shape index (κ3) is 2.80. The van der Waals surface area contributed by atoms with Gasteiger partial charge in [-0.1, -0.05) is 6.07 Å². The SMILES string of the molecule is CC(Cc1cccnc1)(C(=O)Cl)c1cc(F)ccc1N. The summed E-state index contributed by atoms with van der Waals surface area (Å²) < 4.78 is 13.5. The first-order valence-electron chi connectivity index (χ1n) is 6.08. The summed E-state index contributed by atoms with van der Waals surface area (Å²) in [5, 5.41) is -0.585. The monoisotopic (exact) mass is 292 g/mol. The van der Waals surface area contributed by atoms with Gasteiger partial charge in [-0.25, -0.2) is 4.39 Å². The molecule has 5 heteroatoms. The second-order valence-electron chi connectivity index (χ2n) is 4.88. The van der Waals surface area contributed by atoms with Gasteiger partial charge in [-0.15, -0.1) is 0 Å². The minimum atomic E-state index is -1.10. The van der Waals surface area contributed by atoms with E-state index in [1.807, 2.05) is 6.07 Å². The molecule has 1 unspecified atom stereocenters. The molecular formula is C15H14ClFN2O. The highest BCUT2D eigenvalue weighted by molar-refractivity contribution is 6.65. The van der Waals surface area contributed by atoms with Crippen molar-refractivity contribution in [3.63, 3.8) is 0 Å². The number of aromatic nitrogens is 1. The van der Waals surface area contributed by atoms with Crippen molar-refractivity contribution in [3.8, 4) is 0 Å². The predicted molar refractivity (Wildman–Crippen MR) is 77.0 cm³/mol. The summed E-state index contributed by atoms with van der Waals surface area (Å²) >= 11 is 5.76. The Hall–Kier alpha value is -1.94. The maximum Gasteiger partial charge on any atom is 0.232 e. The van der Waals surface area contributed by atoms with Crippen LogP contribution in [-0.4, -0.2) is 10.2 Å². The Labute approximate surface area is 121 Å². The van der Waals surface area contributed by atoms with Crippen LogP contribution in [0.5, 0.6) is 0 Å². The van der Waals surface area contributed by atoms with Crippen molar-refractivity contribution in [2.45, 2.75) is 18.8 Å². The summed E-state index contributed by atoms with van der Waals surface area (Å²) in [6.07, 6.45) is 3.59. The maximum atomic E-state index is 13.5. The topological polar surface area (TPSA) is 56.0 Å². The molecule has 1 heterocycles. The largest absolute Gasteiger partial charge is 0.398 e. The highest BCUT2D eigenvalue weighted by Gasteiger charge is 2.36. The van der Waals surface area contributed by atoms with Crippen molar-refractivity contribution in [3.05, 3.63) is 59.7 Å². The van der Waals surface area contributed by atoms with E-state index in [9.17, 15) is 9.18 Å². The van der Waals surface area contributed by atoms with E-state index < -0.39 is 16.5 Å². The van der Waals surface area contributed by atoms with E-state index in [2.05, 4.69) is 4.98 Å². The van der Waals surface area contributed by atoms with Crippen molar-refractivity contribution in [2.75, 3.05) is 5.73 Å². The minimum absolute atomic E-state index is 0.302. The lowest BCUT2D eigenvalue weighted by atomic mass is 9.78. The highest BCUT2D eigenvalue weighted by atomic mass is 35.5. The molecule has 0 saturated carbocycles. The molecule has 104 valence electrons. The van der Waals surface area contributed by atoms with Gasteiger partial charge in [0.25, 0.3) is 0 Å². The van der Waals surface area contributed by atoms with E-state index in [0.29, 0.717) is 17.7 Å². The molecule has 0 amide bonds. The van der Waals surface area contributed by atoms with Gasteiger partial charge in [0.2, 0.25) is 5.24 Å². The number of anilines is 1. The van der Waals surface area contributed by atoms with E-state index in [1.165, 1.54) is 18.2 Å². The molecule has 0 aliphatic carbocycles. The van der Waals surface area contributed by atoms with Gasteiger partial charge in [-0.3, -0.25) is 9.78 Å². The first-order valence-corrected chi connectivity index (χ1v) is 6.45. The molecular weight excluding hydrogens is 279 g/mol. The van der Waals surface area contributed by atoms with Gasteiger partial charge in [0, 0.05) is 18.1 Å². The Balaban J connectivity index is 2.49. The average Bonchev–Trinajstić information content (AvgIpc) is 2.42. The number of carbonyl (C=O) groups excluding carboxylic acids is 1. The molecule has 2 rings (SSSR count). The Morgan fingerprint density at radius 3 is 2.80 bits per heavy atom. The van der Waals surface area contributed by atoms with Gasteiger partial charge in [0.05, 0.1) is 5.41 Å². The normalized spacial score (nSPS) is 13.8. The van der Waals surface area contributed by atoms with Crippen LogP contribution in [0.1, 0.15) is 18.1 Å². The summed E-state index contributed by atoms with van der Waals surface area (Å²) in [6, 6.07) is 7.55. The molecule has 0 aliphatic heterocycles. The van der Waals surface area contributed by atoms with Gasteiger partial charge >= 0.3 is 0 Å². The standard InChI is InChI=1S/C15H14ClFN2O/c1-15(14(16)20,8-10-3-2-6-19-9-10)12-7-11(17)4-5-13(12)18/h2-7,9H,8,18H2,1H3. The second kappa shape index (κ2) is 5.59. The quantitative estimate of drug-likeness (QED) is 0.696. The summed E-state index contributed by atoms with van der Waals surface area (Å²) in [4.78, 5) is 15.9. The lowest BCUT2D eigenvalue weighted by Gasteiger charge is -2.27.